The van der Waals surface area contributed by atoms with E-state index < -0.39 is 0 Å². The Bertz CT molecular complexity index is 332. The van der Waals surface area contributed by atoms with E-state index >= 15 is 0 Å². The molecule has 1 aromatic rings. The van der Waals surface area contributed by atoms with Crippen molar-refractivity contribution in [2.24, 2.45) is 5.92 Å². The van der Waals surface area contributed by atoms with E-state index in [1.807, 2.05) is 0 Å². The van der Waals surface area contributed by atoms with Crippen LogP contribution in [0.4, 0.5) is 0 Å². The molecule has 0 heterocycles. The zero-order valence-electron chi connectivity index (χ0n) is 10.5. The Morgan fingerprint density at radius 2 is 1.94 bits per heavy atom. The van der Waals surface area contributed by atoms with Gasteiger partial charge in [-0.2, -0.15) is 0 Å². The Morgan fingerprint density at radius 3 is 2.62 bits per heavy atom. The van der Waals surface area contributed by atoms with Crippen LogP contribution in [0.15, 0.2) is 24.3 Å². The number of hydrogen-bond acceptors (Lipinski definition) is 1. The molecule has 0 spiro atoms. The molecular formula is C15H23N. The largest absolute Gasteiger partial charge is 0.310 e. The maximum atomic E-state index is 3.68. The van der Waals surface area contributed by atoms with Gasteiger partial charge in [0.2, 0.25) is 0 Å². The van der Waals surface area contributed by atoms with Gasteiger partial charge >= 0.3 is 0 Å². The topological polar surface area (TPSA) is 12.0 Å². The van der Waals surface area contributed by atoms with Crippen molar-refractivity contribution in [3.05, 3.63) is 35.4 Å². The SMILES string of the molecule is CCCC1CC1NCc1ccccc1CC. The molecule has 1 fully saturated rings. The summed E-state index contributed by atoms with van der Waals surface area (Å²) in [5, 5.41) is 3.68. The van der Waals surface area contributed by atoms with Crippen LogP contribution in [0.1, 0.15) is 44.2 Å². The second-order valence-electron chi connectivity index (χ2n) is 4.89. The molecule has 1 N–H and O–H groups in total. The van der Waals surface area contributed by atoms with Crippen LogP contribution in [0.2, 0.25) is 0 Å². The fraction of sp³-hybridized carbons (Fsp3) is 0.600. The molecule has 0 bridgehead atoms. The van der Waals surface area contributed by atoms with Gasteiger partial charge in [0, 0.05) is 12.6 Å². The van der Waals surface area contributed by atoms with Gasteiger partial charge in [-0.15, -0.1) is 0 Å². The van der Waals surface area contributed by atoms with Crippen molar-refractivity contribution >= 4 is 0 Å². The number of nitrogens with one attached hydrogen (secondary N) is 1. The van der Waals surface area contributed by atoms with Crippen molar-refractivity contribution in [1.82, 2.24) is 5.32 Å². The smallest absolute Gasteiger partial charge is 0.0210 e. The molecule has 1 aliphatic rings. The minimum atomic E-state index is 0.796. The first kappa shape index (κ1) is 11.7. The summed E-state index contributed by atoms with van der Waals surface area (Å²) in [6.45, 7) is 5.56. The van der Waals surface area contributed by atoms with Crippen molar-refractivity contribution in [3.63, 3.8) is 0 Å². The van der Waals surface area contributed by atoms with Gasteiger partial charge in [0.15, 0.2) is 0 Å². The summed E-state index contributed by atoms with van der Waals surface area (Å²) in [6, 6.07) is 9.58. The minimum Gasteiger partial charge on any atom is -0.310 e. The fourth-order valence-corrected chi connectivity index (χ4v) is 2.50. The van der Waals surface area contributed by atoms with Gasteiger partial charge in [0.25, 0.3) is 0 Å². The first-order chi connectivity index (χ1) is 7.85. The third-order valence-corrected chi connectivity index (χ3v) is 3.64. The summed E-state index contributed by atoms with van der Waals surface area (Å²) in [5.74, 6) is 0.957. The van der Waals surface area contributed by atoms with Gasteiger partial charge in [0.1, 0.15) is 0 Å². The summed E-state index contributed by atoms with van der Waals surface area (Å²) in [6.07, 6.45) is 5.25. The number of benzene rings is 1. The first-order valence-electron chi connectivity index (χ1n) is 6.65. The maximum absolute atomic E-state index is 3.68. The Hall–Kier alpha value is -0.820. The van der Waals surface area contributed by atoms with Crippen molar-refractivity contribution in [3.8, 4) is 0 Å². The molecule has 0 radical (unpaired) electrons. The predicted octanol–water partition coefficient (Wildman–Crippen LogP) is 3.53. The Balaban J connectivity index is 1.82. The van der Waals surface area contributed by atoms with Crippen molar-refractivity contribution < 1.29 is 0 Å². The lowest BCUT2D eigenvalue weighted by Gasteiger charge is -2.08. The highest BCUT2D eigenvalue weighted by atomic mass is 15.0. The summed E-state index contributed by atoms with van der Waals surface area (Å²) in [4.78, 5) is 0. The third-order valence-electron chi connectivity index (χ3n) is 3.64. The number of hydrogen-bond donors (Lipinski definition) is 1. The highest BCUT2D eigenvalue weighted by Crippen LogP contribution is 2.34. The molecule has 1 saturated carbocycles. The third kappa shape index (κ3) is 2.85. The van der Waals surface area contributed by atoms with Gasteiger partial charge in [-0.05, 0) is 36.3 Å². The summed E-state index contributed by atoms with van der Waals surface area (Å²) in [5.41, 5.74) is 2.97. The molecule has 0 aliphatic heterocycles. The van der Waals surface area contributed by atoms with Crippen molar-refractivity contribution in [2.75, 3.05) is 0 Å². The number of rotatable bonds is 6. The maximum Gasteiger partial charge on any atom is 0.0210 e. The number of aryl methyl sites for hydroxylation is 1. The molecule has 0 aromatic heterocycles. The van der Waals surface area contributed by atoms with Crippen LogP contribution < -0.4 is 5.32 Å². The van der Waals surface area contributed by atoms with E-state index in [4.69, 9.17) is 0 Å². The lowest BCUT2D eigenvalue weighted by molar-refractivity contribution is 0.597. The second kappa shape index (κ2) is 5.49. The van der Waals surface area contributed by atoms with Crippen LogP contribution in [0.3, 0.4) is 0 Å². The van der Waals surface area contributed by atoms with E-state index in [9.17, 15) is 0 Å². The van der Waals surface area contributed by atoms with Gasteiger partial charge in [-0.3, -0.25) is 0 Å². The first-order valence-corrected chi connectivity index (χ1v) is 6.65. The molecule has 88 valence electrons. The van der Waals surface area contributed by atoms with E-state index in [1.165, 1.54) is 30.4 Å². The van der Waals surface area contributed by atoms with Crippen molar-refractivity contribution in [2.45, 2.75) is 52.1 Å². The summed E-state index contributed by atoms with van der Waals surface area (Å²) < 4.78 is 0. The van der Waals surface area contributed by atoms with Crippen LogP contribution in [-0.2, 0) is 13.0 Å². The van der Waals surface area contributed by atoms with Crippen molar-refractivity contribution in [1.29, 1.82) is 0 Å². The Labute approximate surface area is 99.3 Å². The zero-order chi connectivity index (χ0) is 11.4. The lowest BCUT2D eigenvalue weighted by atomic mass is 10.1. The van der Waals surface area contributed by atoms with E-state index in [1.54, 1.807) is 0 Å². The molecule has 2 rings (SSSR count). The van der Waals surface area contributed by atoms with E-state index in [2.05, 4.69) is 43.4 Å². The predicted molar refractivity (Wildman–Crippen MR) is 69.5 cm³/mol. The monoisotopic (exact) mass is 217 g/mol. The van der Waals surface area contributed by atoms with E-state index in [0.717, 1.165) is 24.9 Å². The standard InChI is InChI=1S/C15H23N/c1-3-7-13-10-15(13)16-11-14-9-6-5-8-12(14)4-2/h5-6,8-9,13,15-16H,3-4,7,10-11H2,1-2H3. The summed E-state index contributed by atoms with van der Waals surface area (Å²) >= 11 is 0. The minimum absolute atomic E-state index is 0.796. The molecule has 0 saturated heterocycles. The lowest BCUT2D eigenvalue weighted by Crippen LogP contribution is -2.18. The van der Waals surface area contributed by atoms with Crippen LogP contribution in [-0.4, -0.2) is 6.04 Å². The normalized spacial score (nSPS) is 23.4. The molecule has 1 heteroatoms. The molecule has 2 unspecified atom stereocenters. The summed E-state index contributed by atoms with van der Waals surface area (Å²) in [7, 11) is 0. The van der Waals surface area contributed by atoms with E-state index in [0.29, 0.717) is 0 Å². The Kier molecular flexibility index (Phi) is 4.00. The fourth-order valence-electron chi connectivity index (χ4n) is 2.50. The second-order valence-corrected chi connectivity index (χ2v) is 4.89. The molecule has 1 aliphatic carbocycles. The molecule has 2 atom stereocenters. The zero-order valence-corrected chi connectivity index (χ0v) is 10.5. The van der Waals surface area contributed by atoms with Gasteiger partial charge in [-0.25, -0.2) is 0 Å². The molecule has 0 amide bonds. The van der Waals surface area contributed by atoms with Crippen LogP contribution in [0, 0.1) is 5.92 Å². The quantitative estimate of drug-likeness (QED) is 0.768. The van der Waals surface area contributed by atoms with Gasteiger partial charge < -0.3 is 5.32 Å². The molecular weight excluding hydrogens is 194 g/mol. The van der Waals surface area contributed by atoms with Gasteiger partial charge in [0.05, 0.1) is 0 Å². The average molecular weight is 217 g/mol. The van der Waals surface area contributed by atoms with Crippen LogP contribution >= 0.6 is 0 Å². The van der Waals surface area contributed by atoms with E-state index in [-0.39, 0.29) is 0 Å². The Morgan fingerprint density at radius 1 is 1.19 bits per heavy atom. The van der Waals surface area contributed by atoms with Crippen LogP contribution in [0.25, 0.3) is 0 Å². The highest BCUT2D eigenvalue weighted by Gasteiger charge is 2.35. The molecule has 1 nitrogen and oxygen atoms in total. The highest BCUT2D eigenvalue weighted by molar-refractivity contribution is 5.27. The average Bonchev–Trinajstić information content (AvgIpc) is 3.06. The molecule has 1 aromatic carbocycles. The van der Waals surface area contributed by atoms with Gasteiger partial charge in [-0.1, -0.05) is 44.5 Å². The molecule has 16 heavy (non-hydrogen) atoms. The van der Waals surface area contributed by atoms with Crippen LogP contribution in [0.5, 0.6) is 0 Å².